The summed E-state index contributed by atoms with van der Waals surface area (Å²) in [5, 5.41) is 20.5. The summed E-state index contributed by atoms with van der Waals surface area (Å²) < 4.78 is 5.81. The Balaban J connectivity index is 1.79. The highest BCUT2D eigenvalue weighted by molar-refractivity contribution is 5.71. The summed E-state index contributed by atoms with van der Waals surface area (Å²) in [5.74, 6) is -0.0246. The Labute approximate surface area is 145 Å². The van der Waals surface area contributed by atoms with E-state index in [1.54, 1.807) is 30.3 Å². The molecule has 0 bridgehead atoms. The molecule has 1 aliphatic heterocycles. The zero-order chi connectivity index (χ0) is 18.0. The molecule has 2 aromatic rings. The predicted octanol–water partition coefficient (Wildman–Crippen LogP) is 3.54. The average Bonchev–Trinajstić information content (AvgIpc) is 3.05. The number of carboxylic acid groups (broad SMARTS) is 1. The number of aliphatic carboxylic acids is 1. The van der Waals surface area contributed by atoms with E-state index in [-0.39, 0.29) is 17.6 Å². The Kier molecular flexibility index (Phi) is 4.85. The molecule has 0 unspecified atom stereocenters. The number of para-hydroxylation sites is 1. The predicted molar refractivity (Wildman–Crippen MR) is 91.0 cm³/mol. The van der Waals surface area contributed by atoms with Crippen LogP contribution < -0.4 is 0 Å². The number of piperidine rings is 1. The Morgan fingerprint density at radius 2 is 2.12 bits per heavy atom. The van der Waals surface area contributed by atoms with Crippen LogP contribution in [0.2, 0.25) is 0 Å². The van der Waals surface area contributed by atoms with Crippen molar-refractivity contribution < 1.29 is 19.2 Å². The second-order valence-electron chi connectivity index (χ2n) is 6.34. The number of nitro groups is 1. The van der Waals surface area contributed by atoms with Gasteiger partial charge in [-0.2, -0.15) is 0 Å². The van der Waals surface area contributed by atoms with E-state index in [9.17, 15) is 20.0 Å². The molecule has 3 rings (SSSR count). The standard InChI is InChI=1S/C18H20N2O5/c1-12-14(18(21)22)6-4-10-19(12)11-13-8-9-17(25-13)15-5-2-3-7-16(15)20(23)24/h2-3,5,7-9,12,14H,4,6,10-11H2,1H3,(H,21,22)/t12-,14-/m1/s1. The molecule has 132 valence electrons. The second kappa shape index (κ2) is 7.06. The highest BCUT2D eigenvalue weighted by atomic mass is 16.6. The first-order chi connectivity index (χ1) is 12.0. The Morgan fingerprint density at radius 1 is 1.36 bits per heavy atom. The molecule has 1 fully saturated rings. The largest absolute Gasteiger partial charge is 0.481 e. The number of nitro benzene ring substituents is 1. The molecular formula is C18H20N2O5. The van der Waals surface area contributed by atoms with Gasteiger partial charge in [-0.15, -0.1) is 0 Å². The van der Waals surface area contributed by atoms with Crippen LogP contribution in [-0.2, 0) is 11.3 Å². The van der Waals surface area contributed by atoms with Crippen LogP contribution in [0.4, 0.5) is 5.69 Å². The van der Waals surface area contributed by atoms with Gasteiger partial charge in [0.1, 0.15) is 11.5 Å². The van der Waals surface area contributed by atoms with Crippen LogP contribution in [0.25, 0.3) is 11.3 Å². The quantitative estimate of drug-likeness (QED) is 0.658. The lowest BCUT2D eigenvalue weighted by molar-refractivity contribution is -0.384. The molecule has 0 spiro atoms. The molecule has 0 saturated carbocycles. The summed E-state index contributed by atoms with van der Waals surface area (Å²) in [5.41, 5.74) is 0.439. The van der Waals surface area contributed by atoms with Gasteiger partial charge in [0.2, 0.25) is 0 Å². The van der Waals surface area contributed by atoms with Gasteiger partial charge in [0.25, 0.3) is 5.69 Å². The number of rotatable bonds is 5. The molecule has 25 heavy (non-hydrogen) atoms. The first kappa shape index (κ1) is 17.2. The number of hydrogen-bond donors (Lipinski definition) is 1. The van der Waals surface area contributed by atoms with Crippen LogP contribution in [0, 0.1) is 16.0 Å². The summed E-state index contributed by atoms with van der Waals surface area (Å²) >= 11 is 0. The van der Waals surface area contributed by atoms with E-state index >= 15 is 0 Å². The van der Waals surface area contributed by atoms with Crippen LogP contribution in [0.1, 0.15) is 25.5 Å². The van der Waals surface area contributed by atoms with Gasteiger partial charge < -0.3 is 9.52 Å². The molecule has 1 saturated heterocycles. The van der Waals surface area contributed by atoms with Gasteiger partial charge in [0.15, 0.2) is 0 Å². The van der Waals surface area contributed by atoms with Crippen molar-refractivity contribution in [2.75, 3.05) is 6.54 Å². The summed E-state index contributed by atoms with van der Waals surface area (Å²) in [6.45, 7) is 3.22. The average molecular weight is 344 g/mol. The van der Waals surface area contributed by atoms with E-state index in [0.717, 1.165) is 13.0 Å². The molecule has 1 aromatic heterocycles. The fourth-order valence-electron chi connectivity index (χ4n) is 3.42. The van der Waals surface area contributed by atoms with E-state index in [1.807, 2.05) is 6.92 Å². The van der Waals surface area contributed by atoms with Crippen molar-refractivity contribution >= 4 is 11.7 Å². The first-order valence-electron chi connectivity index (χ1n) is 8.26. The normalized spacial score (nSPS) is 21.2. The number of furan rings is 1. The molecule has 2 heterocycles. The van der Waals surface area contributed by atoms with E-state index in [1.165, 1.54) is 6.07 Å². The van der Waals surface area contributed by atoms with Gasteiger partial charge in [0.05, 0.1) is 22.9 Å². The minimum absolute atomic E-state index is 0.000631. The molecule has 1 aromatic carbocycles. The fourth-order valence-corrected chi connectivity index (χ4v) is 3.42. The van der Waals surface area contributed by atoms with Crippen molar-refractivity contribution in [1.82, 2.24) is 4.90 Å². The number of benzene rings is 1. The van der Waals surface area contributed by atoms with Gasteiger partial charge in [-0.3, -0.25) is 19.8 Å². The van der Waals surface area contributed by atoms with Crippen LogP contribution in [0.5, 0.6) is 0 Å². The summed E-state index contributed by atoms with van der Waals surface area (Å²) in [7, 11) is 0. The Bertz CT molecular complexity index is 785. The fraction of sp³-hybridized carbons (Fsp3) is 0.389. The molecule has 0 amide bonds. The highest BCUT2D eigenvalue weighted by Gasteiger charge is 2.33. The van der Waals surface area contributed by atoms with E-state index in [2.05, 4.69) is 4.90 Å². The lowest BCUT2D eigenvalue weighted by atomic mass is 9.90. The number of carboxylic acids is 1. The van der Waals surface area contributed by atoms with E-state index in [4.69, 9.17) is 4.42 Å². The molecule has 0 aliphatic carbocycles. The summed E-state index contributed by atoms with van der Waals surface area (Å²) in [6.07, 6.45) is 1.52. The monoisotopic (exact) mass is 344 g/mol. The third kappa shape index (κ3) is 3.56. The maximum atomic E-state index is 11.3. The first-order valence-corrected chi connectivity index (χ1v) is 8.26. The van der Waals surface area contributed by atoms with Crippen molar-refractivity contribution in [1.29, 1.82) is 0 Å². The molecule has 1 aliphatic rings. The lowest BCUT2D eigenvalue weighted by Gasteiger charge is -2.36. The van der Waals surface area contributed by atoms with Gasteiger partial charge in [0, 0.05) is 12.1 Å². The van der Waals surface area contributed by atoms with Crippen molar-refractivity contribution in [3.63, 3.8) is 0 Å². The number of likely N-dealkylation sites (tertiary alicyclic amines) is 1. The van der Waals surface area contributed by atoms with Crippen LogP contribution in [0.15, 0.2) is 40.8 Å². The smallest absolute Gasteiger partial charge is 0.308 e. The van der Waals surface area contributed by atoms with Crippen LogP contribution in [-0.4, -0.2) is 33.5 Å². The molecule has 7 nitrogen and oxygen atoms in total. The van der Waals surface area contributed by atoms with Gasteiger partial charge >= 0.3 is 5.97 Å². The molecule has 1 N–H and O–H groups in total. The third-order valence-electron chi connectivity index (χ3n) is 4.82. The second-order valence-corrected chi connectivity index (χ2v) is 6.34. The van der Waals surface area contributed by atoms with Crippen LogP contribution >= 0.6 is 0 Å². The third-order valence-corrected chi connectivity index (χ3v) is 4.82. The Hall–Kier alpha value is -2.67. The summed E-state index contributed by atoms with van der Waals surface area (Å²) in [4.78, 5) is 24.2. The summed E-state index contributed by atoms with van der Waals surface area (Å²) in [6, 6.07) is 9.89. The number of carbonyl (C=O) groups is 1. The topological polar surface area (TPSA) is 96.8 Å². The van der Waals surface area contributed by atoms with E-state index in [0.29, 0.717) is 30.0 Å². The molecule has 2 atom stereocenters. The van der Waals surface area contributed by atoms with Crippen molar-refractivity contribution in [3.8, 4) is 11.3 Å². The number of nitrogens with zero attached hydrogens (tertiary/aromatic N) is 2. The maximum Gasteiger partial charge on any atom is 0.308 e. The Morgan fingerprint density at radius 3 is 2.84 bits per heavy atom. The zero-order valence-electron chi connectivity index (χ0n) is 13.9. The molecular weight excluding hydrogens is 324 g/mol. The van der Waals surface area contributed by atoms with Crippen molar-refractivity contribution in [3.05, 3.63) is 52.3 Å². The molecule has 0 radical (unpaired) electrons. The van der Waals surface area contributed by atoms with Crippen molar-refractivity contribution in [2.45, 2.75) is 32.4 Å². The molecule has 7 heteroatoms. The highest BCUT2D eigenvalue weighted by Crippen LogP contribution is 2.32. The minimum Gasteiger partial charge on any atom is -0.481 e. The minimum atomic E-state index is -0.766. The van der Waals surface area contributed by atoms with Gasteiger partial charge in [-0.1, -0.05) is 12.1 Å². The van der Waals surface area contributed by atoms with Gasteiger partial charge in [-0.05, 0) is 44.5 Å². The van der Waals surface area contributed by atoms with Gasteiger partial charge in [-0.25, -0.2) is 0 Å². The van der Waals surface area contributed by atoms with Crippen molar-refractivity contribution in [2.24, 2.45) is 5.92 Å². The maximum absolute atomic E-state index is 11.3. The zero-order valence-corrected chi connectivity index (χ0v) is 13.9. The lowest BCUT2D eigenvalue weighted by Crippen LogP contribution is -2.45. The van der Waals surface area contributed by atoms with E-state index < -0.39 is 10.9 Å². The van der Waals surface area contributed by atoms with Crippen LogP contribution in [0.3, 0.4) is 0 Å². The SMILES string of the molecule is C[C@@H]1[C@H](C(=O)O)CCCN1Cc1ccc(-c2ccccc2[N+](=O)[O-])o1. The number of hydrogen-bond acceptors (Lipinski definition) is 5.